The van der Waals surface area contributed by atoms with E-state index < -0.39 is 11.1 Å². The van der Waals surface area contributed by atoms with Crippen molar-refractivity contribution in [2.75, 3.05) is 26.4 Å². The quantitative estimate of drug-likeness (QED) is 0.201. The minimum absolute atomic E-state index is 0.0809. The van der Waals surface area contributed by atoms with Gasteiger partial charge in [-0.1, -0.05) is 78.9 Å². The molecule has 0 bridgehead atoms. The first-order valence-corrected chi connectivity index (χ1v) is 15.3. The van der Waals surface area contributed by atoms with Crippen LogP contribution in [0.15, 0.2) is 101 Å². The summed E-state index contributed by atoms with van der Waals surface area (Å²) in [6, 6.07) is 29.4. The summed E-state index contributed by atoms with van der Waals surface area (Å²) in [5.41, 5.74) is 1.15. The Bertz CT molecular complexity index is 1390. The third-order valence-electron chi connectivity index (χ3n) is 7.66. The fourth-order valence-electron chi connectivity index (χ4n) is 5.57. The second-order valence-electron chi connectivity index (χ2n) is 10.5. The Balaban J connectivity index is 1.26. The lowest BCUT2D eigenvalue weighted by molar-refractivity contribution is -0.219. The molecule has 0 radical (unpaired) electrons. The molecule has 3 aromatic carbocycles. The number of hydrogen-bond acceptors (Lipinski definition) is 7. The van der Waals surface area contributed by atoms with E-state index in [1.807, 2.05) is 84.2 Å². The van der Waals surface area contributed by atoms with Crippen molar-refractivity contribution in [2.45, 2.75) is 30.8 Å². The van der Waals surface area contributed by atoms with E-state index in [9.17, 15) is 4.79 Å². The third-order valence-corrected chi connectivity index (χ3v) is 9.38. The molecule has 2 fully saturated rings. The van der Waals surface area contributed by atoms with Crippen LogP contribution in [0, 0.1) is 5.92 Å². The standard InChI is InChI=1S/C32H31BrN2O5S/c33-28-20-41-30(34-28)32-23-39-31(21-37-17-24-10-4-1-5-11-24,22-38-18-25-12-6-2-7-13-25)16-27(32)19-40-35(32)29(36)26-14-8-3-9-15-26/h1-15,20,27H,16-19,21-23H2/t27-,32-/m1/s1. The summed E-state index contributed by atoms with van der Waals surface area (Å²) in [6.07, 6.45) is 0.576. The van der Waals surface area contributed by atoms with E-state index in [0.29, 0.717) is 45.0 Å². The van der Waals surface area contributed by atoms with E-state index in [1.165, 1.54) is 16.4 Å². The maximum atomic E-state index is 13.8. The van der Waals surface area contributed by atoms with E-state index in [1.54, 1.807) is 12.1 Å². The van der Waals surface area contributed by atoms with Gasteiger partial charge in [-0.2, -0.15) is 0 Å². The maximum Gasteiger partial charge on any atom is 0.278 e. The number of amides is 1. The topological polar surface area (TPSA) is 70.1 Å². The van der Waals surface area contributed by atoms with E-state index in [0.717, 1.165) is 20.7 Å². The highest BCUT2D eigenvalue weighted by Crippen LogP contribution is 2.51. The first kappa shape index (κ1) is 28.2. The van der Waals surface area contributed by atoms with Crippen LogP contribution in [0.4, 0.5) is 0 Å². The molecule has 2 aliphatic heterocycles. The van der Waals surface area contributed by atoms with Gasteiger partial charge in [0.1, 0.15) is 15.2 Å². The van der Waals surface area contributed by atoms with Crippen LogP contribution >= 0.6 is 27.3 Å². The largest absolute Gasteiger partial charge is 0.374 e. The van der Waals surface area contributed by atoms with Crippen molar-refractivity contribution in [3.05, 3.63) is 123 Å². The fraction of sp³-hybridized carbons (Fsp3) is 0.312. The zero-order valence-corrected chi connectivity index (χ0v) is 24.9. The number of hydrogen-bond donors (Lipinski definition) is 0. The Morgan fingerprint density at radius 3 is 2.07 bits per heavy atom. The minimum Gasteiger partial charge on any atom is -0.374 e. The molecular formula is C32H31BrN2O5S. The van der Waals surface area contributed by atoms with Crippen LogP contribution in [0.1, 0.15) is 32.9 Å². The van der Waals surface area contributed by atoms with Gasteiger partial charge in [0.05, 0.1) is 39.6 Å². The molecule has 9 heteroatoms. The van der Waals surface area contributed by atoms with Crippen molar-refractivity contribution in [1.29, 1.82) is 0 Å². The van der Waals surface area contributed by atoms with Gasteiger partial charge in [0, 0.05) is 16.9 Å². The lowest BCUT2D eigenvalue weighted by Crippen LogP contribution is -2.60. The van der Waals surface area contributed by atoms with Gasteiger partial charge >= 0.3 is 0 Å². The Morgan fingerprint density at radius 2 is 1.51 bits per heavy atom. The van der Waals surface area contributed by atoms with Crippen LogP contribution in [-0.2, 0) is 37.8 Å². The van der Waals surface area contributed by atoms with E-state index >= 15 is 0 Å². The average molecular weight is 636 g/mol. The van der Waals surface area contributed by atoms with Gasteiger partial charge in [0.2, 0.25) is 0 Å². The number of carbonyl (C=O) groups excluding carboxylic acids is 1. The van der Waals surface area contributed by atoms with Crippen LogP contribution < -0.4 is 0 Å². The molecule has 1 aromatic heterocycles. The van der Waals surface area contributed by atoms with E-state index in [2.05, 4.69) is 15.9 Å². The molecule has 2 aliphatic rings. The molecule has 2 atom stereocenters. The molecule has 6 rings (SSSR count). The summed E-state index contributed by atoms with van der Waals surface area (Å²) in [6.45, 7) is 2.19. The maximum absolute atomic E-state index is 13.8. The van der Waals surface area contributed by atoms with Gasteiger partial charge in [-0.05, 0) is 45.6 Å². The predicted octanol–water partition coefficient (Wildman–Crippen LogP) is 6.40. The molecule has 0 saturated carbocycles. The monoisotopic (exact) mass is 634 g/mol. The molecular weight excluding hydrogens is 604 g/mol. The van der Waals surface area contributed by atoms with E-state index in [4.69, 9.17) is 24.0 Å². The van der Waals surface area contributed by atoms with Crippen molar-refractivity contribution >= 4 is 33.2 Å². The number of aromatic nitrogens is 1. The highest BCUT2D eigenvalue weighted by atomic mass is 79.9. The van der Waals surface area contributed by atoms with Gasteiger partial charge in [-0.25, -0.2) is 10.0 Å². The van der Waals surface area contributed by atoms with Crippen molar-refractivity contribution in [3.63, 3.8) is 0 Å². The lowest BCUT2D eigenvalue weighted by Gasteiger charge is -2.48. The number of halogens is 1. The number of carbonyl (C=O) groups is 1. The van der Waals surface area contributed by atoms with Crippen molar-refractivity contribution in [2.24, 2.45) is 5.92 Å². The van der Waals surface area contributed by atoms with Gasteiger partial charge in [0.25, 0.3) is 5.91 Å². The molecule has 4 aromatic rings. The number of nitrogens with zero attached hydrogens (tertiary/aromatic N) is 2. The second-order valence-corrected chi connectivity index (χ2v) is 12.2. The molecule has 7 nitrogen and oxygen atoms in total. The minimum atomic E-state index is -0.869. The molecule has 212 valence electrons. The molecule has 0 N–H and O–H groups in total. The second kappa shape index (κ2) is 12.5. The molecule has 41 heavy (non-hydrogen) atoms. The predicted molar refractivity (Wildman–Crippen MR) is 159 cm³/mol. The first-order chi connectivity index (χ1) is 20.1. The lowest BCUT2D eigenvalue weighted by atomic mass is 9.75. The summed E-state index contributed by atoms with van der Waals surface area (Å²) in [5, 5.41) is 4.20. The summed E-state index contributed by atoms with van der Waals surface area (Å²) in [7, 11) is 0. The number of hydroxylamine groups is 2. The van der Waals surface area contributed by atoms with Crippen molar-refractivity contribution in [3.8, 4) is 0 Å². The van der Waals surface area contributed by atoms with Crippen LogP contribution in [0.25, 0.3) is 0 Å². The SMILES string of the molecule is O=C(c1ccccc1)N1OC[C@H]2CC(COCc3ccccc3)(COCc3ccccc3)OC[C@]21c1nc(Br)cs1. The van der Waals surface area contributed by atoms with Crippen LogP contribution in [-0.4, -0.2) is 48.0 Å². The molecule has 2 saturated heterocycles. The van der Waals surface area contributed by atoms with Gasteiger partial charge in [-0.3, -0.25) is 9.63 Å². The summed E-state index contributed by atoms with van der Waals surface area (Å²) in [5.74, 6) is -0.293. The number of rotatable bonds is 10. The molecule has 3 heterocycles. The van der Waals surface area contributed by atoms with Crippen molar-refractivity contribution < 1.29 is 23.8 Å². The number of benzene rings is 3. The number of fused-ring (bicyclic) bond motifs is 1. The first-order valence-electron chi connectivity index (χ1n) is 13.6. The van der Waals surface area contributed by atoms with Gasteiger partial charge < -0.3 is 14.2 Å². The number of thiazole rings is 1. The fourth-order valence-corrected chi connectivity index (χ4v) is 7.07. The molecule has 1 amide bonds. The zero-order valence-electron chi connectivity index (χ0n) is 22.5. The Hall–Kier alpha value is -2.92. The molecule has 0 unspecified atom stereocenters. The normalized spacial score (nSPS) is 21.5. The van der Waals surface area contributed by atoms with Gasteiger partial charge in [-0.15, -0.1) is 11.3 Å². The van der Waals surface area contributed by atoms with Crippen LogP contribution in [0.2, 0.25) is 0 Å². The Labute approximate surface area is 252 Å². The zero-order chi connectivity index (χ0) is 28.1. The highest BCUT2D eigenvalue weighted by molar-refractivity contribution is 9.10. The summed E-state index contributed by atoms with van der Waals surface area (Å²) < 4.78 is 20.0. The van der Waals surface area contributed by atoms with Crippen molar-refractivity contribution in [1.82, 2.24) is 10.0 Å². The Kier molecular flexibility index (Phi) is 8.62. The Morgan fingerprint density at radius 1 is 0.927 bits per heavy atom. The number of ether oxygens (including phenoxy) is 3. The highest BCUT2D eigenvalue weighted by Gasteiger charge is 2.62. The van der Waals surface area contributed by atoms with Gasteiger partial charge in [0.15, 0.2) is 5.54 Å². The summed E-state index contributed by atoms with van der Waals surface area (Å²) >= 11 is 5.00. The molecule has 0 aliphatic carbocycles. The average Bonchev–Trinajstić information content (AvgIpc) is 3.62. The smallest absolute Gasteiger partial charge is 0.278 e. The third kappa shape index (κ3) is 6.02. The van der Waals surface area contributed by atoms with Crippen LogP contribution in [0.3, 0.4) is 0 Å². The summed E-state index contributed by atoms with van der Waals surface area (Å²) in [4.78, 5) is 24.7. The van der Waals surface area contributed by atoms with Crippen LogP contribution in [0.5, 0.6) is 0 Å². The molecule has 0 spiro atoms. The van der Waals surface area contributed by atoms with E-state index in [-0.39, 0.29) is 18.4 Å².